The molecule has 8 nitrogen and oxygen atoms in total. The molecule has 2 N–H and O–H groups in total. The van der Waals surface area contributed by atoms with Crippen LogP contribution in [-0.2, 0) is 28.4 Å². The molecule has 0 aromatic heterocycles. The topological polar surface area (TPSA) is 115 Å². The second kappa shape index (κ2) is 12.9. The quantitative estimate of drug-likeness (QED) is 0.265. The van der Waals surface area contributed by atoms with Crippen molar-refractivity contribution >= 4 is 30.1 Å². The zero-order valence-corrected chi connectivity index (χ0v) is 22.4. The Balaban J connectivity index is 5.24. The average molecular weight is 521 g/mol. The molecule has 0 fully saturated rings. The fraction of sp³-hybridized carbons (Fsp3) is 0.900. The summed E-state index contributed by atoms with van der Waals surface area (Å²) in [7, 11) is -4.96. The second-order valence-corrected chi connectivity index (χ2v) is 16.1. The minimum absolute atomic E-state index is 0.247. The number of nitrogens with one attached hydrogen (secondary N) is 2. The van der Waals surface area contributed by atoms with Crippen molar-refractivity contribution in [3.05, 3.63) is 0 Å². The number of amides is 1. The maximum Gasteiger partial charge on any atom is 0.413 e. The van der Waals surface area contributed by atoms with Crippen LogP contribution in [0.25, 0.3) is 0 Å². The summed E-state index contributed by atoms with van der Waals surface area (Å²) in [6, 6.07) is 0.339. The van der Waals surface area contributed by atoms with Crippen LogP contribution in [0.5, 0.6) is 0 Å². The summed E-state index contributed by atoms with van der Waals surface area (Å²) in [5, 5.41) is 2.30. The van der Waals surface area contributed by atoms with Gasteiger partial charge >= 0.3 is 18.2 Å². The van der Waals surface area contributed by atoms with Crippen LogP contribution in [0.3, 0.4) is 0 Å². The lowest BCUT2D eigenvalue weighted by molar-refractivity contribution is -0.198. The first-order chi connectivity index (χ1) is 14.9. The number of ether oxygens (including phenoxy) is 2. The van der Waals surface area contributed by atoms with Crippen molar-refractivity contribution in [3.8, 4) is 0 Å². The third-order valence-electron chi connectivity index (χ3n) is 5.31. The maximum absolute atomic E-state index is 13.6. The lowest BCUT2D eigenvalue weighted by Gasteiger charge is -2.34. The Morgan fingerprint density at radius 2 is 1.52 bits per heavy atom. The molecule has 0 aliphatic carbocycles. The molecule has 0 radical (unpaired) electrons. The van der Waals surface area contributed by atoms with Crippen LogP contribution in [0.2, 0.25) is 18.1 Å². The zero-order valence-electron chi connectivity index (χ0n) is 20.6. The molecule has 0 heterocycles. The molecule has 3 atom stereocenters. The van der Waals surface area contributed by atoms with E-state index in [1.807, 2.05) is 20.8 Å². The van der Waals surface area contributed by atoms with Crippen molar-refractivity contribution in [2.75, 3.05) is 18.6 Å². The number of esters is 1. The highest BCUT2D eigenvalue weighted by Gasteiger charge is 2.45. The van der Waals surface area contributed by atoms with Gasteiger partial charge in [0.25, 0.3) is 0 Å². The number of carbonyl (C=O) groups excluding carboxylic acids is 2. The van der Waals surface area contributed by atoms with Crippen molar-refractivity contribution in [3.63, 3.8) is 0 Å². The van der Waals surface area contributed by atoms with Gasteiger partial charge in [-0.05, 0) is 51.7 Å². The number of hydrogen-bond acceptors (Lipinski definition) is 7. The van der Waals surface area contributed by atoms with Crippen LogP contribution < -0.4 is 5.32 Å². The standard InChI is InChI=1S/C20H39F3N2O6SSi/c1-8-33(9-2,10-3)31-16(20(21,22)23)12-14-32(24,28)13-11-15(17(26)29-7)25-18(27)30-19(4,5)6/h15-16,24H,8-14H2,1-7H3,(H,25,27)/t15-,16+,32?/m0/s1. The molecule has 1 unspecified atom stereocenters. The van der Waals surface area contributed by atoms with E-state index >= 15 is 0 Å². The van der Waals surface area contributed by atoms with Crippen LogP contribution >= 0.6 is 0 Å². The first kappa shape index (κ1) is 31.7. The van der Waals surface area contributed by atoms with Crippen molar-refractivity contribution in [2.24, 2.45) is 0 Å². The molecule has 0 aliphatic rings. The van der Waals surface area contributed by atoms with Crippen LogP contribution in [0.15, 0.2) is 0 Å². The molecule has 0 spiro atoms. The van der Waals surface area contributed by atoms with Gasteiger partial charge < -0.3 is 19.2 Å². The van der Waals surface area contributed by atoms with Crippen molar-refractivity contribution < 1.29 is 40.9 Å². The van der Waals surface area contributed by atoms with Gasteiger partial charge in [-0.3, -0.25) is 4.78 Å². The van der Waals surface area contributed by atoms with Crippen molar-refractivity contribution in [2.45, 2.75) is 96.4 Å². The molecule has 0 aromatic carbocycles. The number of halogens is 3. The maximum atomic E-state index is 13.6. The number of methoxy groups -OCH3 is 1. The number of carbonyl (C=O) groups is 2. The van der Waals surface area contributed by atoms with Crippen molar-refractivity contribution in [1.29, 1.82) is 4.78 Å². The van der Waals surface area contributed by atoms with Gasteiger partial charge in [0.05, 0.1) is 7.11 Å². The van der Waals surface area contributed by atoms with E-state index in [-0.39, 0.29) is 6.42 Å². The van der Waals surface area contributed by atoms with Gasteiger partial charge in [-0.25, -0.2) is 13.8 Å². The fourth-order valence-corrected chi connectivity index (χ4v) is 7.41. The van der Waals surface area contributed by atoms with E-state index in [1.165, 1.54) is 0 Å². The molecule has 1 amide bonds. The molecule has 0 bridgehead atoms. The largest absolute Gasteiger partial charge is 0.467 e. The minimum Gasteiger partial charge on any atom is -0.467 e. The van der Waals surface area contributed by atoms with E-state index in [0.29, 0.717) is 18.1 Å². The first-order valence-electron chi connectivity index (χ1n) is 11.0. The molecular weight excluding hydrogens is 481 g/mol. The monoisotopic (exact) mass is 520 g/mol. The minimum atomic E-state index is -4.64. The summed E-state index contributed by atoms with van der Waals surface area (Å²) >= 11 is 0. The van der Waals surface area contributed by atoms with Gasteiger partial charge in [0, 0.05) is 21.2 Å². The molecule has 0 rings (SSSR count). The lowest BCUT2D eigenvalue weighted by atomic mass is 10.2. The molecule has 196 valence electrons. The van der Waals surface area contributed by atoms with Crippen molar-refractivity contribution in [1.82, 2.24) is 5.32 Å². The van der Waals surface area contributed by atoms with E-state index in [1.54, 1.807) is 20.8 Å². The predicted octanol–water partition coefficient (Wildman–Crippen LogP) is 4.83. The van der Waals surface area contributed by atoms with Crippen LogP contribution in [-0.4, -0.2) is 67.1 Å². The normalized spacial score (nSPS) is 16.4. The number of alkyl halides is 3. The highest BCUT2D eigenvalue weighted by Crippen LogP contribution is 2.32. The number of alkyl carbamates (subject to hydrolysis) is 1. The average Bonchev–Trinajstić information content (AvgIpc) is 2.69. The van der Waals surface area contributed by atoms with Crippen LogP contribution in [0.4, 0.5) is 18.0 Å². The van der Waals surface area contributed by atoms with Gasteiger partial charge in [-0.15, -0.1) is 0 Å². The number of hydrogen-bond donors (Lipinski definition) is 2. The Hall–Kier alpha value is -1.34. The molecule has 0 saturated carbocycles. The molecular formula is C20H39F3N2O6SSi. The van der Waals surface area contributed by atoms with E-state index in [4.69, 9.17) is 13.9 Å². The Labute approximate surface area is 196 Å². The summed E-state index contributed by atoms with van der Waals surface area (Å²) < 4.78 is 76.8. The third-order valence-corrected chi connectivity index (χ3v) is 11.8. The van der Waals surface area contributed by atoms with Crippen LogP contribution in [0, 0.1) is 4.78 Å². The Kier molecular flexibility index (Phi) is 12.4. The van der Waals surface area contributed by atoms with E-state index in [9.17, 15) is 27.0 Å². The predicted molar refractivity (Wildman–Crippen MR) is 123 cm³/mol. The third kappa shape index (κ3) is 12.1. The van der Waals surface area contributed by atoms with Gasteiger partial charge in [0.15, 0.2) is 8.32 Å². The Morgan fingerprint density at radius 3 is 1.91 bits per heavy atom. The Morgan fingerprint density at radius 1 is 1.03 bits per heavy atom. The fourth-order valence-electron chi connectivity index (χ4n) is 3.14. The molecule has 0 aliphatic heterocycles. The lowest BCUT2D eigenvalue weighted by Crippen LogP contribution is -2.46. The smallest absolute Gasteiger partial charge is 0.413 e. The SMILES string of the molecule is CC[Si](CC)(CC)O[C@H](CCS(=N)(=O)CC[C@H](NC(=O)OC(C)(C)C)C(=O)OC)C(F)(F)F. The highest BCUT2D eigenvalue weighted by molar-refractivity contribution is 7.92. The molecule has 0 saturated heterocycles. The molecule has 0 aromatic rings. The number of rotatable bonds is 13. The van der Waals surface area contributed by atoms with Gasteiger partial charge in [-0.2, -0.15) is 13.2 Å². The summed E-state index contributed by atoms with van der Waals surface area (Å²) in [4.78, 5) is 23.9. The van der Waals surface area contributed by atoms with Gasteiger partial charge in [0.2, 0.25) is 0 Å². The van der Waals surface area contributed by atoms with Gasteiger partial charge in [0.1, 0.15) is 17.7 Å². The summed E-state index contributed by atoms with van der Waals surface area (Å²) in [6.07, 6.45) is -8.49. The zero-order chi connectivity index (χ0) is 26.1. The van der Waals surface area contributed by atoms with Gasteiger partial charge in [-0.1, -0.05) is 20.8 Å². The van der Waals surface area contributed by atoms with Crippen LogP contribution in [0.1, 0.15) is 54.4 Å². The Bertz CT molecular complexity index is 729. The van der Waals surface area contributed by atoms with E-state index in [2.05, 4.69) is 10.1 Å². The second-order valence-electron chi connectivity index (χ2n) is 8.91. The summed E-state index contributed by atoms with van der Waals surface area (Å²) in [5.74, 6) is -1.78. The first-order valence-corrected chi connectivity index (χ1v) is 15.4. The summed E-state index contributed by atoms with van der Waals surface area (Å²) in [5.41, 5.74) is -0.825. The summed E-state index contributed by atoms with van der Waals surface area (Å²) in [6.45, 7) is 10.3. The van der Waals surface area contributed by atoms with E-state index in [0.717, 1.165) is 7.11 Å². The molecule has 13 heteroatoms. The molecule has 33 heavy (non-hydrogen) atoms. The highest BCUT2D eigenvalue weighted by atomic mass is 32.2. The van der Waals surface area contributed by atoms with E-state index < -0.39 is 72.0 Å².